The molecule has 3 aromatic rings. The van der Waals surface area contributed by atoms with Crippen molar-refractivity contribution in [2.75, 3.05) is 28.8 Å². The van der Waals surface area contributed by atoms with Crippen molar-refractivity contribution in [1.29, 1.82) is 0 Å². The van der Waals surface area contributed by atoms with E-state index >= 15 is 0 Å². The number of nitrogens with one attached hydrogen (secondary N) is 1. The fourth-order valence-corrected chi connectivity index (χ4v) is 5.23. The molecule has 1 aliphatic rings. The molecule has 31 heavy (non-hydrogen) atoms. The van der Waals surface area contributed by atoms with Gasteiger partial charge in [-0.2, -0.15) is 0 Å². The van der Waals surface area contributed by atoms with Crippen LogP contribution in [0, 0.1) is 0 Å². The molecule has 1 atom stereocenters. The van der Waals surface area contributed by atoms with E-state index in [2.05, 4.69) is 5.32 Å². The number of hydrogen-bond donors (Lipinski definition) is 1. The summed E-state index contributed by atoms with van der Waals surface area (Å²) in [4.78, 5) is 27.9. The molecule has 4 rings (SSSR count). The number of anilines is 2. The second kappa shape index (κ2) is 9.94. The molecule has 0 aromatic heterocycles. The van der Waals surface area contributed by atoms with Gasteiger partial charge in [-0.15, -0.1) is 23.5 Å². The zero-order valence-electron chi connectivity index (χ0n) is 17.0. The van der Waals surface area contributed by atoms with E-state index in [1.165, 1.54) is 11.8 Å². The first-order valence-corrected chi connectivity index (χ1v) is 11.8. The van der Waals surface area contributed by atoms with Gasteiger partial charge in [-0.05, 0) is 42.0 Å². The molecule has 1 unspecified atom stereocenters. The molecular formula is C24H22N2O3S2. The van der Waals surface area contributed by atoms with Crippen LogP contribution < -0.4 is 15.0 Å². The predicted octanol–water partition coefficient (Wildman–Crippen LogP) is 5.20. The van der Waals surface area contributed by atoms with Gasteiger partial charge in [-0.25, -0.2) is 0 Å². The van der Waals surface area contributed by atoms with E-state index in [0.717, 1.165) is 21.8 Å². The maximum Gasteiger partial charge on any atom is 0.238 e. The number of thioether (sulfide) groups is 2. The second-order valence-corrected chi connectivity index (χ2v) is 9.02. The molecule has 0 saturated carbocycles. The summed E-state index contributed by atoms with van der Waals surface area (Å²) in [5.41, 5.74) is 2.49. The fraction of sp³-hybridized carbons (Fsp3) is 0.167. The minimum Gasteiger partial charge on any atom is -0.497 e. The number of nitrogens with zero attached hydrogens (tertiary/aromatic N) is 1. The van der Waals surface area contributed by atoms with Crippen LogP contribution in [0.25, 0.3) is 0 Å². The summed E-state index contributed by atoms with van der Waals surface area (Å²) >= 11 is 3.07. The lowest BCUT2D eigenvalue weighted by Crippen LogP contribution is -2.27. The van der Waals surface area contributed by atoms with E-state index in [1.807, 2.05) is 78.9 Å². The number of ether oxygens (including phenoxy) is 1. The summed E-state index contributed by atoms with van der Waals surface area (Å²) in [7, 11) is 1.61. The van der Waals surface area contributed by atoms with Crippen LogP contribution in [0.2, 0.25) is 0 Å². The Morgan fingerprint density at radius 3 is 2.71 bits per heavy atom. The summed E-state index contributed by atoms with van der Waals surface area (Å²) in [6.45, 7) is 0. The average Bonchev–Trinajstić information content (AvgIpc) is 3.20. The van der Waals surface area contributed by atoms with Gasteiger partial charge in [0.05, 0.1) is 18.6 Å². The highest BCUT2D eigenvalue weighted by Gasteiger charge is 2.34. The standard InChI is InChI=1S/C24H22N2O3S2/c1-29-20-10-6-9-19(14-20)26-23(28)16-31-24(26)17-7-5-8-18(13-17)25-22(27)15-30-21-11-3-2-4-12-21/h2-14,24H,15-16H2,1H3,(H,25,27). The van der Waals surface area contributed by atoms with Gasteiger partial charge in [-0.1, -0.05) is 36.4 Å². The smallest absolute Gasteiger partial charge is 0.238 e. The lowest BCUT2D eigenvalue weighted by Gasteiger charge is -2.25. The lowest BCUT2D eigenvalue weighted by molar-refractivity contribution is -0.116. The van der Waals surface area contributed by atoms with Crippen molar-refractivity contribution in [3.05, 3.63) is 84.4 Å². The lowest BCUT2D eigenvalue weighted by atomic mass is 10.1. The van der Waals surface area contributed by atoms with Gasteiger partial charge in [0.1, 0.15) is 11.1 Å². The third kappa shape index (κ3) is 5.24. The molecule has 158 valence electrons. The molecule has 0 aliphatic carbocycles. The summed E-state index contributed by atoms with van der Waals surface area (Å²) in [6, 6.07) is 25.0. The molecule has 5 nitrogen and oxygen atoms in total. The number of carbonyl (C=O) groups is 2. The van der Waals surface area contributed by atoms with Crippen molar-refractivity contribution >= 4 is 46.7 Å². The minimum atomic E-state index is -0.157. The largest absolute Gasteiger partial charge is 0.497 e. The van der Waals surface area contributed by atoms with E-state index < -0.39 is 0 Å². The summed E-state index contributed by atoms with van der Waals surface area (Å²) < 4.78 is 5.31. The second-order valence-electron chi connectivity index (χ2n) is 6.90. The molecule has 2 amide bonds. The molecule has 7 heteroatoms. The maximum atomic E-state index is 12.6. The van der Waals surface area contributed by atoms with Crippen LogP contribution >= 0.6 is 23.5 Å². The molecule has 1 saturated heterocycles. The number of benzene rings is 3. The first kappa shape index (κ1) is 21.3. The van der Waals surface area contributed by atoms with E-state index in [4.69, 9.17) is 4.74 Å². The highest BCUT2D eigenvalue weighted by atomic mass is 32.2. The number of hydrogen-bond acceptors (Lipinski definition) is 5. The van der Waals surface area contributed by atoms with Crippen molar-refractivity contribution in [2.24, 2.45) is 0 Å². The third-order valence-corrected chi connectivity index (χ3v) is 6.99. The van der Waals surface area contributed by atoms with E-state index in [0.29, 0.717) is 17.3 Å². The number of amides is 2. The molecule has 1 heterocycles. The Balaban J connectivity index is 1.47. The SMILES string of the molecule is COc1cccc(N2C(=O)CSC2c2cccc(NC(=O)CSc3ccccc3)c2)c1. The Bertz CT molecular complexity index is 1080. The molecule has 0 bridgehead atoms. The predicted molar refractivity (Wildman–Crippen MR) is 128 cm³/mol. The Morgan fingerprint density at radius 2 is 1.90 bits per heavy atom. The molecule has 1 fully saturated rings. The maximum absolute atomic E-state index is 12.6. The molecule has 0 spiro atoms. The van der Waals surface area contributed by atoms with Gasteiger partial charge in [-0.3, -0.25) is 14.5 Å². The Morgan fingerprint density at radius 1 is 1.10 bits per heavy atom. The topological polar surface area (TPSA) is 58.6 Å². The van der Waals surface area contributed by atoms with Gasteiger partial charge < -0.3 is 10.1 Å². The van der Waals surface area contributed by atoms with E-state index in [1.54, 1.807) is 23.8 Å². The van der Waals surface area contributed by atoms with E-state index in [-0.39, 0.29) is 17.2 Å². The minimum absolute atomic E-state index is 0.0527. The van der Waals surface area contributed by atoms with Crippen molar-refractivity contribution in [2.45, 2.75) is 10.3 Å². The van der Waals surface area contributed by atoms with Gasteiger partial charge in [0.25, 0.3) is 0 Å². The molecule has 1 aliphatic heterocycles. The fourth-order valence-electron chi connectivity index (χ4n) is 3.34. The van der Waals surface area contributed by atoms with Gasteiger partial charge in [0.15, 0.2) is 0 Å². The Labute approximate surface area is 190 Å². The quantitative estimate of drug-likeness (QED) is 0.501. The van der Waals surface area contributed by atoms with Crippen molar-refractivity contribution in [1.82, 2.24) is 0 Å². The van der Waals surface area contributed by atoms with E-state index in [9.17, 15) is 9.59 Å². The van der Waals surface area contributed by atoms with Crippen LogP contribution in [0.15, 0.2) is 83.8 Å². The van der Waals surface area contributed by atoms with Crippen LogP contribution in [0.5, 0.6) is 5.75 Å². The Hall–Kier alpha value is -2.90. The third-order valence-electron chi connectivity index (χ3n) is 4.77. The van der Waals surface area contributed by atoms with Crippen molar-refractivity contribution in [3.63, 3.8) is 0 Å². The molecule has 3 aromatic carbocycles. The first-order chi connectivity index (χ1) is 15.1. The van der Waals surface area contributed by atoms with Crippen LogP contribution in [-0.4, -0.2) is 30.4 Å². The van der Waals surface area contributed by atoms with Crippen molar-refractivity contribution in [3.8, 4) is 5.75 Å². The van der Waals surface area contributed by atoms with Crippen LogP contribution in [0.3, 0.4) is 0 Å². The molecule has 1 N–H and O–H groups in total. The van der Waals surface area contributed by atoms with Gasteiger partial charge in [0, 0.05) is 22.3 Å². The normalized spacial score (nSPS) is 15.7. The van der Waals surface area contributed by atoms with Crippen LogP contribution in [0.1, 0.15) is 10.9 Å². The zero-order valence-corrected chi connectivity index (χ0v) is 18.6. The summed E-state index contributed by atoms with van der Waals surface area (Å²) in [6.07, 6.45) is 0. The van der Waals surface area contributed by atoms with Crippen LogP contribution in [-0.2, 0) is 9.59 Å². The monoisotopic (exact) mass is 450 g/mol. The molecular weight excluding hydrogens is 428 g/mol. The number of rotatable bonds is 7. The number of carbonyl (C=O) groups excluding carboxylic acids is 2. The molecule has 0 radical (unpaired) electrons. The average molecular weight is 451 g/mol. The number of methoxy groups -OCH3 is 1. The Kier molecular flexibility index (Phi) is 6.84. The van der Waals surface area contributed by atoms with Crippen molar-refractivity contribution < 1.29 is 14.3 Å². The van der Waals surface area contributed by atoms with Crippen LogP contribution in [0.4, 0.5) is 11.4 Å². The summed E-state index contributed by atoms with van der Waals surface area (Å²) in [5, 5.41) is 2.81. The first-order valence-electron chi connectivity index (χ1n) is 9.79. The summed E-state index contributed by atoms with van der Waals surface area (Å²) in [5.74, 6) is 1.44. The highest BCUT2D eigenvalue weighted by Crippen LogP contribution is 2.42. The van der Waals surface area contributed by atoms with Gasteiger partial charge in [0.2, 0.25) is 11.8 Å². The zero-order chi connectivity index (χ0) is 21.6. The highest BCUT2D eigenvalue weighted by molar-refractivity contribution is 8.00. The van der Waals surface area contributed by atoms with Gasteiger partial charge >= 0.3 is 0 Å².